The van der Waals surface area contributed by atoms with E-state index >= 15 is 0 Å². The molecular weight excluding hydrogens is 428 g/mol. The van der Waals surface area contributed by atoms with Crippen molar-refractivity contribution in [3.8, 4) is 0 Å². The Balaban J connectivity index is 1.15. The molecule has 2 amide bonds. The molecule has 4 nitrogen and oxygen atoms in total. The zero-order valence-corrected chi connectivity index (χ0v) is 19.4. The second kappa shape index (κ2) is 8.45. The standard InChI is InChI=1S/C28H28N2O2S/c31-27(18-7-5-13-30(17-18)28(32)25-12-6-14-33-25)29-16-19-15-24-20-8-1-3-10-22(20)26(19)23-11-4-2-9-21(23)24/h1-4,6,8-12,14,18-19,24,26H,5,7,13,15-17H2,(H,29,31). The van der Waals surface area contributed by atoms with Gasteiger partial charge in [0.15, 0.2) is 0 Å². The SMILES string of the molecule is O=C(NCC1CC2c3ccccc3C1c1ccccc12)C1CCCN(C(=O)c2cccs2)C1. The minimum Gasteiger partial charge on any atom is -0.355 e. The van der Waals surface area contributed by atoms with Crippen molar-refractivity contribution >= 4 is 23.2 Å². The van der Waals surface area contributed by atoms with E-state index < -0.39 is 0 Å². The number of thiophene rings is 1. The lowest BCUT2D eigenvalue weighted by molar-refractivity contribution is -0.126. The lowest BCUT2D eigenvalue weighted by atomic mass is 9.59. The molecule has 3 aromatic rings. The monoisotopic (exact) mass is 456 g/mol. The van der Waals surface area contributed by atoms with Gasteiger partial charge in [0.2, 0.25) is 5.91 Å². The van der Waals surface area contributed by atoms with Gasteiger partial charge >= 0.3 is 0 Å². The number of nitrogens with one attached hydrogen (secondary N) is 1. The van der Waals surface area contributed by atoms with Gasteiger partial charge in [-0.1, -0.05) is 54.6 Å². The van der Waals surface area contributed by atoms with E-state index in [1.54, 1.807) is 0 Å². The van der Waals surface area contributed by atoms with E-state index in [0.29, 0.717) is 30.8 Å². The van der Waals surface area contributed by atoms with Crippen LogP contribution in [0.25, 0.3) is 0 Å². The van der Waals surface area contributed by atoms with Crippen LogP contribution in [0.5, 0.6) is 0 Å². The fraction of sp³-hybridized carbons (Fsp3) is 0.357. The first-order valence-corrected chi connectivity index (χ1v) is 12.9. The summed E-state index contributed by atoms with van der Waals surface area (Å²) in [6.45, 7) is 1.95. The van der Waals surface area contributed by atoms with E-state index in [1.807, 2.05) is 22.4 Å². The summed E-state index contributed by atoms with van der Waals surface area (Å²) in [4.78, 5) is 28.5. The molecule has 4 aliphatic rings. The molecule has 2 bridgehead atoms. The zero-order valence-electron chi connectivity index (χ0n) is 18.6. The smallest absolute Gasteiger partial charge is 0.263 e. The molecule has 1 saturated heterocycles. The van der Waals surface area contributed by atoms with Crippen molar-refractivity contribution in [2.45, 2.75) is 31.1 Å². The van der Waals surface area contributed by atoms with Crippen molar-refractivity contribution in [3.05, 3.63) is 93.2 Å². The molecule has 2 heterocycles. The molecule has 2 unspecified atom stereocenters. The van der Waals surface area contributed by atoms with E-state index in [4.69, 9.17) is 0 Å². The van der Waals surface area contributed by atoms with Crippen molar-refractivity contribution in [2.75, 3.05) is 19.6 Å². The fourth-order valence-corrected chi connectivity index (χ4v) is 6.96. The van der Waals surface area contributed by atoms with Gasteiger partial charge < -0.3 is 10.2 Å². The molecule has 5 heteroatoms. The molecule has 2 aromatic carbocycles. The maximum absolute atomic E-state index is 13.1. The van der Waals surface area contributed by atoms with Crippen LogP contribution in [0, 0.1) is 11.8 Å². The summed E-state index contributed by atoms with van der Waals surface area (Å²) in [6.07, 6.45) is 2.80. The highest BCUT2D eigenvalue weighted by Gasteiger charge is 2.43. The van der Waals surface area contributed by atoms with E-state index in [2.05, 4.69) is 53.8 Å². The molecule has 1 aliphatic heterocycles. The van der Waals surface area contributed by atoms with Crippen molar-refractivity contribution in [1.82, 2.24) is 10.2 Å². The average Bonchev–Trinajstić information content (AvgIpc) is 3.42. The maximum Gasteiger partial charge on any atom is 0.263 e. The number of carbonyl (C=O) groups excluding carboxylic acids is 2. The van der Waals surface area contributed by atoms with Crippen LogP contribution in [0.4, 0.5) is 0 Å². The van der Waals surface area contributed by atoms with Gasteiger partial charge in [0.05, 0.1) is 10.8 Å². The minimum absolute atomic E-state index is 0.0558. The predicted molar refractivity (Wildman–Crippen MR) is 131 cm³/mol. The van der Waals surface area contributed by atoms with E-state index in [9.17, 15) is 9.59 Å². The second-order valence-electron chi connectivity index (χ2n) is 9.60. The number of hydrogen-bond acceptors (Lipinski definition) is 3. The van der Waals surface area contributed by atoms with Gasteiger partial charge in [0, 0.05) is 31.5 Å². The number of hydrogen-bond donors (Lipinski definition) is 1. The highest BCUT2D eigenvalue weighted by atomic mass is 32.1. The maximum atomic E-state index is 13.1. The van der Waals surface area contributed by atoms with Crippen molar-refractivity contribution < 1.29 is 9.59 Å². The fourth-order valence-electron chi connectivity index (χ4n) is 6.27. The first-order chi connectivity index (χ1) is 16.2. The summed E-state index contributed by atoms with van der Waals surface area (Å²) in [5.74, 6) is 1.19. The molecule has 168 valence electrons. The van der Waals surface area contributed by atoms with Crippen LogP contribution in [-0.4, -0.2) is 36.3 Å². The van der Waals surface area contributed by atoms with Gasteiger partial charge in [-0.05, 0) is 58.9 Å². The summed E-state index contributed by atoms with van der Waals surface area (Å²) < 4.78 is 0. The number of nitrogens with zero attached hydrogens (tertiary/aromatic N) is 1. The molecule has 7 rings (SSSR count). The first-order valence-electron chi connectivity index (χ1n) is 12.0. The molecule has 33 heavy (non-hydrogen) atoms. The summed E-state index contributed by atoms with van der Waals surface area (Å²) in [6, 6.07) is 21.4. The highest BCUT2D eigenvalue weighted by molar-refractivity contribution is 7.12. The summed E-state index contributed by atoms with van der Waals surface area (Å²) >= 11 is 1.47. The lowest BCUT2D eigenvalue weighted by Gasteiger charge is -2.45. The Morgan fingerprint density at radius 3 is 2.30 bits per heavy atom. The van der Waals surface area contributed by atoms with Gasteiger partial charge in [-0.3, -0.25) is 9.59 Å². The third kappa shape index (κ3) is 3.59. The Kier molecular flexibility index (Phi) is 5.30. The number of fused-ring (bicyclic) bond motifs is 1. The van der Waals surface area contributed by atoms with Crippen molar-refractivity contribution in [2.24, 2.45) is 11.8 Å². The third-order valence-electron chi connectivity index (χ3n) is 7.77. The first kappa shape index (κ1) is 20.7. The Bertz CT molecular complexity index is 1140. The summed E-state index contributed by atoms with van der Waals surface area (Å²) in [7, 11) is 0. The molecule has 0 saturated carbocycles. The Hall–Kier alpha value is -2.92. The molecule has 1 aromatic heterocycles. The second-order valence-corrected chi connectivity index (χ2v) is 10.5. The number of rotatable bonds is 4. The van der Waals surface area contributed by atoms with E-state index in [-0.39, 0.29) is 17.7 Å². The number of piperidine rings is 1. The highest BCUT2D eigenvalue weighted by Crippen LogP contribution is 2.55. The summed E-state index contributed by atoms with van der Waals surface area (Å²) in [5.41, 5.74) is 5.77. The predicted octanol–water partition coefficient (Wildman–Crippen LogP) is 5.01. The quantitative estimate of drug-likeness (QED) is 0.600. The Morgan fingerprint density at radius 2 is 1.64 bits per heavy atom. The molecule has 2 atom stereocenters. The normalized spacial score (nSPS) is 25.3. The number of amides is 2. The van der Waals surface area contributed by atoms with Crippen LogP contribution < -0.4 is 5.32 Å². The van der Waals surface area contributed by atoms with E-state index in [0.717, 1.165) is 30.7 Å². The lowest BCUT2D eigenvalue weighted by Crippen LogP contribution is -2.47. The Labute approximate surface area is 198 Å². The topological polar surface area (TPSA) is 49.4 Å². The van der Waals surface area contributed by atoms with Gasteiger partial charge in [-0.2, -0.15) is 0 Å². The van der Waals surface area contributed by atoms with Crippen LogP contribution in [-0.2, 0) is 4.79 Å². The summed E-state index contributed by atoms with van der Waals surface area (Å²) in [5, 5.41) is 5.21. The van der Waals surface area contributed by atoms with Crippen molar-refractivity contribution in [3.63, 3.8) is 0 Å². The van der Waals surface area contributed by atoms with Crippen LogP contribution in [0.3, 0.4) is 0 Å². The molecule has 3 aliphatic carbocycles. The molecule has 0 radical (unpaired) electrons. The van der Waals surface area contributed by atoms with Gasteiger partial charge in [-0.15, -0.1) is 11.3 Å². The van der Waals surface area contributed by atoms with Crippen LogP contribution in [0.1, 0.15) is 63.0 Å². The van der Waals surface area contributed by atoms with Crippen molar-refractivity contribution in [1.29, 1.82) is 0 Å². The van der Waals surface area contributed by atoms with Crippen LogP contribution in [0.15, 0.2) is 66.0 Å². The zero-order chi connectivity index (χ0) is 22.4. The third-order valence-corrected chi connectivity index (χ3v) is 8.63. The van der Waals surface area contributed by atoms with Gasteiger partial charge in [0.1, 0.15) is 0 Å². The van der Waals surface area contributed by atoms with Crippen LogP contribution in [0.2, 0.25) is 0 Å². The van der Waals surface area contributed by atoms with E-state index in [1.165, 1.54) is 33.6 Å². The molecular formula is C28H28N2O2S. The molecule has 1 fully saturated rings. The van der Waals surface area contributed by atoms with Gasteiger partial charge in [0.25, 0.3) is 5.91 Å². The largest absolute Gasteiger partial charge is 0.355 e. The average molecular weight is 457 g/mol. The molecule has 0 spiro atoms. The number of carbonyl (C=O) groups is 2. The molecule has 1 N–H and O–H groups in total. The van der Waals surface area contributed by atoms with Crippen LogP contribution >= 0.6 is 11.3 Å². The minimum atomic E-state index is -0.122. The number of likely N-dealkylation sites (tertiary alicyclic amines) is 1. The van der Waals surface area contributed by atoms with Gasteiger partial charge in [-0.25, -0.2) is 0 Å². The Morgan fingerprint density at radius 1 is 0.939 bits per heavy atom. The number of benzene rings is 2.